The van der Waals surface area contributed by atoms with Gasteiger partial charge in [0, 0.05) is 0 Å². The van der Waals surface area contributed by atoms with Gasteiger partial charge in [0.2, 0.25) is 0 Å². The Morgan fingerprint density at radius 1 is 1.06 bits per heavy atom. The lowest BCUT2D eigenvalue weighted by molar-refractivity contribution is -0.154. The van der Waals surface area contributed by atoms with Crippen LogP contribution in [-0.2, 0) is 19.1 Å². The summed E-state index contributed by atoms with van der Waals surface area (Å²) in [7, 11) is 3.98. The van der Waals surface area contributed by atoms with Crippen LogP contribution < -0.4 is 4.74 Å². The van der Waals surface area contributed by atoms with Gasteiger partial charge >= 0.3 is 11.9 Å². The molecule has 0 unspecified atom stereocenters. The Bertz CT molecular complexity index is 437. The molecule has 0 N–H and O–H groups in total. The van der Waals surface area contributed by atoms with Crippen LogP contribution in [0.5, 0.6) is 5.75 Å². The van der Waals surface area contributed by atoms with E-state index in [0.717, 1.165) is 5.56 Å². The number of carbonyl (C=O) groups is 2. The molecule has 0 aromatic heterocycles. The van der Waals surface area contributed by atoms with Crippen molar-refractivity contribution in [2.24, 2.45) is 0 Å². The van der Waals surface area contributed by atoms with Crippen molar-refractivity contribution in [3.05, 3.63) is 29.3 Å². The molecule has 98 valence electrons. The molecule has 0 saturated carbocycles. The lowest BCUT2D eigenvalue weighted by Crippen LogP contribution is -2.24. The number of aryl methyl sites for hydroxylation is 1. The minimum Gasteiger partial charge on any atom is -0.496 e. The summed E-state index contributed by atoms with van der Waals surface area (Å²) in [4.78, 5) is 23.3. The number of hydrogen-bond acceptors (Lipinski definition) is 5. The van der Waals surface area contributed by atoms with Gasteiger partial charge < -0.3 is 14.2 Å². The highest BCUT2D eigenvalue weighted by Crippen LogP contribution is 2.26. The molecule has 0 amide bonds. The van der Waals surface area contributed by atoms with Crippen LogP contribution in [0.25, 0.3) is 0 Å². The summed E-state index contributed by atoms with van der Waals surface area (Å²) in [6.07, 6.45) is 0. The third-order valence-electron chi connectivity index (χ3n) is 2.64. The second-order valence-electron chi connectivity index (χ2n) is 3.71. The third kappa shape index (κ3) is 2.80. The predicted octanol–water partition coefficient (Wildman–Crippen LogP) is 1.43. The van der Waals surface area contributed by atoms with Crippen LogP contribution in [0.15, 0.2) is 18.2 Å². The molecule has 5 nitrogen and oxygen atoms in total. The van der Waals surface area contributed by atoms with Gasteiger partial charge in [-0.2, -0.15) is 0 Å². The summed E-state index contributed by atoms with van der Waals surface area (Å²) < 4.78 is 14.4. The Balaban J connectivity index is 3.21. The molecule has 0 saturated heterocycles. The highest BCUT2D eigenvalue weighted by Gasteiger charge is 2.31. The molecular weight excluding hydrogens is 236 g/mol. The van der Waals surface area contributed by atoms with Gasteiger partial charge in [0.05, 0.1) is 21.3 Å². The van der Waals surface area contributed by atoms with Crippen molar-refractivity contribution in [3.8, 4) is 5.75 Å². The molecule has 0 fully saturated rings. The fraction of sp³-hybridized carbons (Fsp3) is 0.385. The van der Waals surface area contributed by atoms with E-state index in [2.05, 4.69) is 9.47 Å². The molecule has 0 aliphatic carbocycles. The number of benzene rings is 1. The number of esters is 2. The van der Waals surface area contributed by atoms with Crippen LogP contribution in [0.3, 0.4) is 0 Å². The van der Waals surface area contributed by atoms with Crippen LogP contribution in [0.2, 0.25) is 0 Å². The third-order valence-corrected chi connectivity index (χ3v) is 2.64. The maximum absolute atomic E-state index is 11.6. The smallest absolute Gasteiger partial charge is 0.324 e. The highest BCUT2D eigenvalue weighted by molar-refractivity contribution is 6.00. The van der Waals surface area contributed by atoms with Crippen LogP contribution in [0.4, 0.5) is 0 Å². The van der Waals surface area contributed by atoms with Crippen molar-refractivity contribution in [2.75, 3.05) is 21.3 Å². The largest absolute Gasteiger partial charge is 0.496 e. The fourth-order valence-corrected chi connectivity index (χ4v) is 1.62. The number of rotatable bonds is 4. The van der Waals surface area contributed by atoms with Gasteiger partial charge in [-0.25, -0.2) is 0 Å². The lowest BCUT2D eigenvalue weighted by atomic mass is 9.97. The second kappa shape index (κ2) is 6.05. The normalized spacial score (nSPS) is 10.1. The van der Waals surface area contributed by atoms with E-state index >= 15 is 0 Å². The summed E-state index contributed by atoms with van der Waals surface area (Å²) in [6.45, 7) is 1.87. The van der Waals surface area contributed by atoms with Crippen LogP contribution in [0, 0.1) is 6.92 Å². The number of methoxy groups -OCH3 is 3. The van der Waals surface area contributed by atoms with E-state index in [-0.39, 0.29) is 0 Å². The first kappa shape index (κ1) is 14.0. The van der Waals surface area contributed by atoms with Crippen molar-refractivity contribution in [2.45, 2.75) is 12.8 Å². The Labute approximate surface area is 106 Å². The molecule has 0 atom stereocenters. The molecule has 1 aromatic rings. The Kier molecular flexibility index (Phi) is 4.71. The van der Waals surface area contributed by atoms with Gasteiger partial charge in [0.1, 0.15) is 5.75 Å². The molecule has 0 bridgehead atoms. The highest BCUT2D eigenvalue weighted by atomic mass is 16.5. The molecular formula is C13H16O5. The fourth-order valence-electron chi connectivity index (χ4n) is 1.62. The summed E-state index contributed by atoms with van der Waals surface area (Å²) in [5, 5.41) is 0. The van der Waals surface area contributed by atoms with Crippen LogP contribution in [-0.4, -0.2) is 33.3 Å². The number of hydrogen-bond donors (Lipinski definition) is 0. The molecule has 0 radical (unpaired) electrons. The molecule has 1 aromatic carbocycles. The van der Waals surface area contributed by atoms with E-state index in [4.69, 9.17) is 4.74 Å². The van der Waals surface area contributed by atoms with Gasteiger partial charge in [-0.05, 0) is 24.1 Å². The summed E-state index contributed by atoms with van der Waals surface area (Å²) >= 11 is 0. The first-order valence-corrected chi connectivity index (χ1v) is 5.35. The van der Waals surface area contributed by atoms with E-state index in [9.17, 15) is 9.59 Å². The standard InChI is InChI=1S/C13H16O5/c1-8-5-6-9(7-10(8)16-2)11(12(14)17-3)13(15)18-4/h5-7,11H,1-4H3. The van der Waals surface area contributed by atoms with Crippen molar-refractivity contribution in [1.29, 1.82) is 0 Å². The average molecular weight is 252 g/mol. The van der Waals surface area contributed by atoms with Crippen molar-refractivity contribution < 1.29 is 23.8 Å². The molecule has 18 heavy (non-hydrogen) atoms. The Hall–Kier alpha value is -2.04. The Morgan fingerprint density at radius 3 is 2.06 bits per heavy atom. The summed E-state index contributed by atoms with van der Waals surface area (Å²) in [6, 6.07) is 5.08. The first-order chi connectivity index (χ1) is 8.54. The topological polar surface area (TPSA) is 61.8 Å². The van der Waals surface area contributed by atoms with Crippen molar-refractivity contribution in [3.63, 3.8) is 0 Å². The maximum atomic E-state index is 11.6. The minimum atomic E-state index is -1.09. The molecule has 0 heterocycles. The molecule has 1 rings (SSSR count). The van der Waals surface area contributed by atoms with Gasteiger partial charge in [0.25, 0.3) is 0 Å². The van der Waals surface area contributed by atoms with E-state index in [1.54, 1.807) is 18.2 Å². The number of carbonyl (C=O) groups excluding carboxylic acids is 2. The molecule has 5 heteroatoms. The zero-order chi connectivity index (χ0) is 13.7. The monoisotopic (exact) mass is 252 g/mol. The summed E-state index contributed by atoms with van der Waals surface area (Å²) in [5.41, 5.74) is 1.39. The molecule has 0 spiro atoms. The predicted molar refractivity (Wildman–Crippen MR) is 64.5 cm³/mol. The van der Waals surface area contributed by atoms with Crippen LogP contribution in [0.1, 0.15) is 17.0 Å². The van der Waals surface area contributed by atoms with E-state index in [0.29, 0.717) is 11.3 Å². The zero-order valence-corrected chi connectivity index (χ0v) is 10.9. The average Bonchev–Trinajstić information content (AvgIpc) is 2.40. The van der Waals surface area contributed by atoms with E-state index in [1.165, 1.54) is 21.3 Å². The maximum Gasteiger partial charge on any atom is 0.324 e. The van der Waals surface area contributed by atoms with Gasteiger partial charge in [-0.1, -0.05) is 12.1 Å². The van der Waals surface area contributed by atoms with Gasteiger partial charge in [-0.3, -0.25) is 9.59 Å². The van der Waals surface area contributed by atoms with E-state index in [1.807, 2.05) is 6.92 Å². The quantitative estimate of drug-likeness (QED) is 0.599. The SMILES string of the molecule is COC(=O)C(C(=O)OC)c1ccc(C)c(OC)c1. The first-order valence-electron chi connectivity index (χ1n) is 5.35. The van der Waals surface area contributed by atoms with E-state index < -0.39 is 17.9 Å². The number of ether oxygens (including phenoxy) is 3. The zero-order valence-electron chi connectivity index (χ0n) is 10.9. The van der Waals surface area contributed by atoms with Gasteiger partial charge in [-0.15, -0.1) is 0 Å². The minimum absolute atomic E-state index is 0.483. The molecule has 0 aliphatic rings. The van der Waals surface area contributed by atoms with Crippen LogP contribution >= 0.6 is 0 Å². The summed E-state index contributed by atoms with van der Waals surface area (Å²) in [5.74, 6) is -1.81. The Morgan fingerprint density at radius 2 is 1.61 bits per heavy atom. The second-order valence-corrected chi connectivity index (χ2v) is 3.71. The molecule has 0 aliphatic heterocycles. The van der Waals surface area contributed by atoms with Gasteiger partial charge in [0.15, 0.2) is 5.92 Å². The lowest BCUT2D eigenvalue weighted by Gasteiger charge is -2.14. The van der Waals surface area contributed by atoms with Crippen molar-refractivity contribution in [1.82, 2.24) is 0 Å². The van der Waals surface area contributed by atoms with Crippen molar-refractivity contribution >= 4 is 11.9 Å².